The van der Waals surface area contributed by atoms with Gasteiger partial charge in [-0.05, 0) is 69.9 Å². The molecule has 34 heavy (non-hydrogen) atoms. The van der Waals surface area contributed by atoms with Crippen molar-refractivity contribution < 1.29 is 4.79 Å². The Balaban J connectivity index is 1.48. The molecule has 2 nitrogen and oxygen atoms in total. The second-order valence-electron chi connectivity index (χ2n) is 8.60. The highest BCUT2D eigenvalue weighted by Gasteiger charge is 2.26. The zero-order valence-electron chi connectivity index (χ0n) is 18.5. The molecule has 1 saturated heterocycles. The maximum absolute atomic E-state index is 13.5. The maximum Gasteiger partial charge on any atom is 0.187 e. The van der Waals surface area contributed by atoms with Crippen LogP contribution in [0.5, 0.6) is 0 Å². The van der Waals surface area contributed by atoms with Gasteiger partial charge >= 0.3 is 0 Å². The fourth-order valence-corrected chi connectivity index (χ4v) is 4.87. The summed E-state index contributed by atoms with van der Waals surface area (Å²) in [4.78, 5) is 15.8. The van der Waals surface area contributed by atoms with Crippen LogP contribution in [0.1, 0.15) is 16.7 Å². The molecule has 0 spiro atoms. The summed E-state index contributed by atoms with van der Waals surface area (Å²) in [6.45, 7) is 2.03. The first-order chi connectivity index (χ1) is 16.5. The van der Waals surface area contributed by atoms with Gasteiger partial charge in [0.15, 0.2) is 5.78 Å². The van der Waals surface area contributed by atoms with Crippen molar-refractivity contribution in [1.82, 2.24) is 4.90 Å². The third-order valence-corrected chi connectivity index (χ3v) is 7.07. The number of piperidine rings is 1. The number of Topliss-reactive ketones (excluding diaryl/α,β-unsaturated/α-hetero) is 1. The second kappa shape index (κ2) is 10.2. The van der Waals surface area contributed by atoms with Crippen LogP contribution in [0.25, 0.3) is 22.9 Å². The van der Waals surface area contributed by atoms with Crippen molar-refractivity contribution in [3.05, 3.63) is 128 Å². The Morgan fingerprint density at radius 3 is 1.76 bits per heavy atom. The highest BCUT2D eigenvalue weighted by molar-refractivity contribution is 9.10. The Kier molecular flexibility index (Phi) is 6.91. The van der Waals surface area contributed by atoms with Crippen LogP contribution < -0.4 is 0 Å². The zero-order chi connectivity index (χ0) is 23.5. The van der Waals surface area contributed by atoms with Gasteiger partial charge in [0, 0.05) is 39.7 Å². The van der Waals surface area contributed by atoms with Crippen molar-refractivity contribution in [3.8, 4) is 0 Å². The third-order valence-electron chi connectivity index (χ3n) is 6.01. The molecule has 5 rings (SSSR count). The number of carbonyl (C=O) groups excluding carboxylic acids is 1. The molecule has 1 fully saturated rings. The number of halogens is 2. The molecule has 0 saturated carbocycles. The first kappa shape index (κ1) is 23.0. The number of ketones is 1. The van der Waals surface area contributed by atoms with E-state index in [0.29, 0.717) is 13.1 Å². The molecular formula is C30H23Br2NO. The van der Waals surface area contributed by atoms with Crippen molar-refractivity contribution in [2.45, 2.75) is 6.54 Å². The van der Waals surface area contributed by atoms with E-state index in [2.05, 4.69) is 79.2 Å². The molecule has 0 aromatic heterocycles. The van der Waals surface area contributed by atoms with E-state index in [-0.39, 0.29) is 5.78 Å². The third kappa shape index (κ3) is 5.47. The van der Waals surface area contributed by atoms with E-state index in [1.54, 1.807) is 0 Å². The normalized spacial score (nSPS) is 17.1. The van der Waals surface area contributed by atoms with E-state index < -0.39 is 0 Å². The van der Waals surface area contributed by atoms with Crippen molar-refractivity contribution in [1.29, 1.82) is 0 Å². The zero-order valence-corrected chi connectivity index (χ0v) is 21.7. The van der Waals surface area contributed by atoms with Crippen LogP contribution in [-0.4, -0.2) is 23.8 Å². The Morgan fingerprint density at radius 1 is 0.676 bits per heavy atom. The monoisotopic (exact) mass is 571 g/mol. The highest BCUT2D eigenvalue weighted by atomic mass is 79.9. The quantitative estimate of drug-likeness (QED) is 0.231. The molecule has 4 heteroatoms. The molecule has 1 aliphatic rings. The number of likely N-dealkylation sites (tertiary alicyclic amines) is 1. The van der Waals surface area contributed by atoms with Crippen molar-refractivity contribution in [3.63, 3.8) is 0 Å². The van der Waals surface area contributed by atoms with Gasteiger partial charge < -0.3 is 0 Å². The summed E-state index contributed by atoms with van der Waals surface area (Å²) < 4.78 is 2.05. The van der Waals surface area contributed by atoms with Crippen LogP contribution >= 0.6 is 31.9 Å². The second-order valence-corrected chi connectivity index (χ2v) is 10.4. The fourth-order valence-electron chi connectivity index (χ4n) is 4.34. The van der Waals surface area contributed by atoms with Crippen molar-refractivity contribution >= 4 is 60.6 Å². The summed E-state index contributed by atoms with van der Waals surface area (Å²) in [6.07, 6.45) is 4.05. The Morgan fingerprint density at radius 2 is 1.21 bits per heavy atom. The summed E-state index contributed by atoms with van der Waals surface area (Å²) in [7, 11) is 0. The lowest BCUT2D eigenvalue weighted by atomic mass is 9.93. The van der Waals surface area contributed by atoms with Crippen LogP contribution in [0.3, 0.4) is 0 Å². The Hall–Kier alpha value is -2.79. The highest BCUT2D eigenvalue weighted by Crippen LogP contribution is 2.25. The minimum Gasteiger partial charge on any atom is -0.290 e. The first-order valence-electron chi connectivity index (χ1n) is 11.2. The molecule has 0 unspecified atom stereocenters. The largest absolute Gasteiger partial charge is 0.290 e. The van der Waals surface area contributed by atoms with E-state index in [4.69, 9.17) is 0 Å². The van der Waals surface area contributed by atoms with Crippen LogP contribution in [-0.2, 0) is 11.3 Å². The van der Waals surface area contributed by atoms with Crippen molar-refractivity contribution in [2.75, 3.05) is 13.1 Å². The Labute approximate surface area is 216 Å². The van der Waals surface area contributed by atoms with Gasteiger partial charge in [-0.2, -0.15) is 0 Å². The lowest BCUT2D eigenvalue weighted by molar-refractivity contribution is -0.113. The number of nitrogens with zero attached hydrogens (tertiary/aromatic N) is 1. The molecule has 0 N–H and O–H groups in total. The number of hydrogen-bond donors (Lipinski definition) is 0. The van der Waals surface area contributed by atoms with Gasteiger partial charge in [-0.3, -0.25) is 9.69 Å². The van der Waals surface area contributed by atoms with E-state index in [1.807, 2.05) is 60.7 Å². The summed E-state index contributed by atoms with van der Waals surface area (Å²) >= 11 is 6.98. The molecule has 4 aromatic carbocycles. The van der Waals surface area contributed by atoms with Gasteiger partial charge in [-0.1, -0.05) is 92.5 Å². The molecule has 0 aliphatic carbocycles. The van der Waals surface area contributed by atoms with Crippen LogP contribution in [0.15, 0.2) is 111 Å². The lowest BCUT2D eigenvalue weighted by Gasteiger charge is -2.30. The predicted octanol–water partition coefficient (Wildman–Crippen LogP) is 7.92. The van der Waals surface area contributed by atoms with Gasteiger partial charge in [-0.25, -0.2) is 0 Å². The minimum atomic E-state index is 0.126. The smallest absolute Gasteiger partial charge is 0.187 e. The van der Waals surface area contributed by atoms with E-state index in [0.717, 1.165) is 37.8 Å². The summed E-state index contributed by atoms with van der Waals surface area (Å²) in [5, 5.41) is 2.48. The summed E-state index contributed by atoms with van der Waals surface area (Å²) in [6, 6.07) is 31.2. The van der Waals surface area contributed by atoms with Crippen LogP contribution in [0.2, 0.25) is 0 Å². The predicted molar refractivity (Wildman–Crippen MR) is 148 cm³/mol. The standard InChI is InChI=1S/C30H23Br2NO/c31-28-11-6-21(7-12-28)15-26-19-33(18-23-5-10-24-3-1-2-4-25(24)17-23)20-27(30(26)34)16-22-8-13-29(32)14-9-22/h1-17H,18-20H2/b26-15+,27-16+. The van der Waals surface area contributed by atoms with Gasteiger partial charge in [0.1, 0.15) is 0 Å². The molecule has 0 radical (unpaired) electrons. The number of carbonyl (C=O) groups is 1. The molecular weight excluding hydrogens is 550 g/mol. The molecule has 0 bridgehead atoms. The number of fused-ring (bicyclic) bond motifs is 1. The summed E-state index contributed by atoms with van der Waals surface area (Å²) in [5.74, 6) is 0.126. The average Bonchev–Trinajstić information content (AvgIpc) is 2.84. The lowest BCUT2D eigenvalue weighted by Crippen LogP contribution is -2.37. The topological polar surface area (TPSA) is 20.3 Å². The maximum atomic E-state index is 13.5. The van der Waals surface area contributed by atoms with Crippen LogP contribution in [0.4, 0.5) is 0 Å². The van der Waals surface area contributed by atoms with Gasteiger partial charge in [0.25, 0.3) is 0 Å². The van der Waals surface area contributed by atoms with Crippen molar-refractivity contribution in [2.24, 2.45) is 0 Å². The average molecular weight is 573 g/mol. The molecule has 4 aromatic rings. The van der Waals surface area contributed by atoms with Gasteiger partial charge in [0.05, 0.1) is 0 Å². The molecule has 1 aliphatic heterocycles. The summed E-state index contributed by atoms with van der Waals surface area (Å²) in [5.41, 5.74) is 4.94. The number of hydrogen-bond acceptors (Lipinski definition) is 2. The molecule has 0 amide bonds. The Bertz CT molecular complexity index is 1330. The van der Waals surface area contributed by atoms with E-state index in [9.17, 15) is 4.79 Å². The molecule has 0 atom stereocenters. The number of benzene rings is 4. The van der Waals surface area contributed by atoms with Crippen LogP contribution in [0, 0.1) is 0 Å². The van der Waals surface area contributed by atoms with E-state index in [1.165, 1.54) is 16.3 Å². The van der Waals surface area contributed by atoms with E-state index >= 15 is 0 Å². The van der Waals surface area contributed by atoms with Gasteiger partial charge in [0.2, 0.25) is 0 Å². The molecule has 1 heterocycles. The van der Waals surface area contributed by atoms with Gasteiger partial charge in [-0.15, -0.1) is 0 Å². The number of rotatable bonds is 4. The SMILES string of the molecule is O=C1/C(=C/c2ccc(Br)cc2)CN(Cc2ccc3ccccc3c2)C/C1=C\c1ccc(Br)cc1. The first-order valence-corrected chi connectivity index (χ1v) is 12.8. The fraction of sp³-hybridized carbons (Fsp3) is 0.100. The minimum absolute atomic E-state index is 0.126. The molecule has 168 valence electrons.